The van der Waals surface area contributed by atoms with Crippen LogP contribution in [-0.4, -0.2) is 57.7 Å². The van der Waals surface area contributed by atoms with E-state index in [1.807, 2.05) is 18.7 Å². The molecule has 1 aromatic heterocycles. The van der Waals surface area contributed by atoms with Gasteiger partial charge in [-0.15, -0.1) is 0 Å². The quantitative estimate of drug-likeness (QED) is 0.187. The number of likely N-dealkylation sites (tertiary alicyclic amines) is 1. The lowest BCUT2D eigenvalue weighted by Crippen LogP contribution is -2.51. The number of amides is 3. The van der Waals surface area contributed by atoms with Gasteiger partial charge in [0, 0.05) is 19.5 Å². The van der Waals surface area contributed by atoms with Crippen LogP contribution in [0.4, 0.5) is 13.2 Å². The molecule has 4 rings (SSSR count). The summed E-state index contributed by atoms with van der Waals surface area (Å²) in [6.45, 7) is 8.26. The van der Waals surface area contributed by atoms with E-state index < -0.39 is 17.5 Å². The van der Waals surface area contributed by atoms with E-state index in [9.17, 15) is 32.3 Å². The number of ketones is 1. The summed E-state index contributed by atoms with van der Waals surface area (Å²) < 4.78 is 43.4. The minimum absolute atomic E-state index is 0.0298. The van der Waals surface area contributed by atoms with Crippen molar-refractivity contribution in [3.8, 4) is 0 Å². The van der Waals surface area contributed by atoms with E-state index in [1.165, 1.54) is 25.1 Å². The van der Waals surface area contributed by atoms with Gasteiger partial charge < -0.3 is 20.1 Å². The Morgan fingerprint density at radius 3 is 2.40 bits per heavy atom. The lowest BCUT2D eigenvalue weighted by atomic mass is 10.0. The van der Waals surface area contributed by atoms with E-state index in [0.717, 1.165) is 31.5 Å². The summed E-state index contributed by atoms with van der Waals surface area (Å²) in [5, 5.41) is 8.62. The molecular formula is C32H36F3N5O5. The molecule has 1 aliphatic rings. The summed E-state index contributed by atoms with van der Waals surface area (Å²) in [7, 11) is 0. The number of halogens is 3. The molecule has 240 valence electrons. The summed E-state index contributed by atoms with van der Waals surface area (Å²) in [5.74, 6) is -0.986. The van der Waals surface area contributed by atoms with Crippen molar-refractivity contribution in [2.75, 3.05) is 6.54 Å². The Labute approximate surface area is 259 Å². The van der Waals surface area contributed by atoms with E-state index in [0.29, 0.717) is 23.6 Å². The Morgan fingerprint density at radius 1 is 1.11 bits per heavy atom. The number of nitrogens with zero attached hydrogens (tertiary/aromatic N) is 3. The Balaban J connectivity index is 0.000000292. The normalized spacial score (nSPS) is 15.6. The Bertz CT molecular complexity index is 1500. The molecule has 0 saturated carbocycles. The molecule has 0 radical (unpaired) electrons. The van der Waals surface area contributed by atoms with Gasteiger partial charge in [-0.2, -0.15) is 18.2 Å². The summed E-state index contributed by atoms with van der Waals surface area (Å²) >= 11 is 0. The fourth-order valence-corrected chi connectivity index (χ4v) is 4.70. The average molecular weight is 628 g/mol. The van der Waals surface area contributed by atoms with Crippen molar-refractivity contribution in [2.45, 2.75) is 65.2 Å². The van der Waals surface area contributed by atoms with Gasteiger partial charge in [0.2, 0.25) is 35.7 Å². The Hall–Kier alpha value is -4.81. The molecule has 3 amide bonds. The van der Waals surface area contributed by atoms with Crippen molar-refractivity contribution in [1.82, 2.24) is 25.7 Å². The van der Waals surface area contributed by atoms with Crippen molar-refractivity contribution in [3.05, 3.63) is 88.7 Å². The maximum absolute atomic E-state index is 12.8. The number of benzene rings is 2. The number of hydrogen-bond acceptors (Lipinski definition) is 7. The highest BCUT2D eigenvalue weighted by atomic mass is 19.4. The number of carbonyl (C=O) groups excluding carboxylic acids is 4. The fourth-order valence-electron chi connectivity index (χ4n) is 4.70. The molecule has 10 nitrogen and oxygen atoms in total. The largest absolute Gasteiger partial charge is 0.416 e. The van der Waals surface area contributed by atoms with Crippen LogP contribution >= 0.6 is 0 Å². The van der Waals surface area contributed by atoms with Crippen molar-refractivity contribution in [1.29, 1.82) is 0 Å². The highest BCUT2D eigenvalue weighted by Gasteiger charge is 2.33. The number of hydrogen-bond donors (Lipinski definition) is 2. The Kier molecular flexibility index (Phi) is 12.2. The van der Waals surface area contributed by atoms with E-state index in [1.54, 1.807) is 30.3 Å². The van der Waals surface area contributed by atoms with Crippen molar-refractivity contribution in [3.63, 3.8) is 0 Å². The van der Waals surface area contributed by atoms with Crippen LogP contribution in [0.3, 0.4) is 0 Å². The van der Waals surface area contributed by atoms with Crippen LogP contribution in [0, 0.1) is 5.92 Å². The molecular weight excluding hydrogens is 591 g/mol. The smallest absolute Gasteiger partial charge is 0.344 e. The molecule has 1 aliphatic heterocycles. The summed E-state index contributed by atoms with van der Waals surface area (Å²) in [6.07, 6.45) is -0.628. The molecule has 1 fully saturated rings. The second kappa shape index (κ2) is 15.8. The standard InChI is InChI=1S/C20H14F3N3O3.C12H22N2O2/c21-20(22,23)15-8-4-7-14(9-15)11-17-25-19(26-29-17)18(28)16(24-12-27)10-13-5-2-1-3-6-13;1-8(2)11(13-10(4)15)12(16)14-7-5-6-9(14)3/h1-10,12H,11H2,(H,24,27);8-9,11H,5-7H2,1-4H3,(H,13,15)/b16-10+;/t;9-,11?/m.1/s1. The zero-order valence-corrected chi connectivity index (χ0v) is 25.4. The van der Waals surface area contributed by atoms with E-state index in [-0.39, 0.29) is 47.6 Å². The summed E-state index contributed by atoms with van der Waals surface area (Å²) in [6, 6.07) is 13.4. The van der Waals surface area contributed by atoms with Gasteiger partial charge in [-0.25, -0.2) is 0 Å². The topological polar surface area (TPSA) is 134 Å². The van der Waals surface area contributed by atoms with Crippen LogP contribution in [0.25, 0.3) is 6.08 Å². The monoisotopic (exact) mass is 627 g/mol. The van der Waals surface area contributed by atoms with Crippen molar-refractivity contribution < 1.29 is 36.9 Å². The van der Waals surface area contributed by atoms with E-state index in [4.69, 9.17) is 4.52 Å². The lowest BCUT2D eigenvalue weighted by molar-refractivity contribution is -0.138. The van der Waals surface area contributed by atoms with Crippen LogP contribution < -0.4 is 10.6 Å². The van der Waals surface area contributed by atoms with Gasteiger partial charge >= 0.3 is 6.18 Å². The van der Waals surface area contributed by atoms with Crippen LogP contribution in [0.2, 0.25) is 0 Å². The van der Waals surface area contributed by atoms with Gasteiger partial charge in [0.05, 0.1) is 17.7 Å². The third-order valence-corrected chi connectivity index (χ3v) is 6.98. The summed E-state index contributed by atoms with van der Waals surface area (Å²) in [4.78, 5) is 52.6. The molecule has 2 N–H and O–H groups in total. The van der Waals surface area contributed by atoms with Crippen LogP contribution in [0.15, 0.2) is 64.8 Å². The van der Waals surface area contributed by atoms with Crippen LogP contribution in [-0.2, 0) is 27.0 Å². The number of carbonyl (C=O) groups is 4. The van der Waals surface area contributed by atoms with Crippen molar-refractivity contribution >= 4 is 30.1 Å². The maximum atomic E-state index is 12.8. The van der Waals surface area contributed by atoms with Crippen LogP contribution in [0.1, 0.15) is 73.7 Å². The van der Waals surface area contributed by atoms with Gasteiger partial charge in [0.1, 0.15) is 6.04 Å². The second-order valence-electron chi connectivity index (χ2n) is 10.9. The average Bonchev–Trinajstić information content (AvgIpc) is 3.64. The fraction of sp³-hybridized carbons (Fsp3) is 0.375. The number of aromatic nitrogens is 2. The molecule has 2 atom stereocenters. The predicted molar refractivity (Wildman–Crippen MR) is 159 cm³/mol. The molecule has 1 saturated heterocycles. The highest BCUT2D eigenvalue weighted by molar-refractivity contribution is 6.09. The first-order valence-corrected chi connectivity index (χ1v) is 14.4. The van der Waals surface area contributed by atoms with Gasteiger partial charge in [-0.3, -0.25) is 19.2 Å². The molecule has 0 aliphatic carbocycles. The molecule has 3 aromatic rings. The van der Waals surface area contributed by atoms with Gasteiger partial charge in [-0.1, -0.05) is 67.5 Å². The second-order valence-corrected chi connectivity index (χ2v) is 10.9. The number of rotatable bonds is 10. The van der Waals surface area contributed by atoms with E-state index >= 15 is 0 Å². The molecule has 2 heterocycles. The molecule has 45 heavy (non-hydrogen) atoms. The molecule has 2 aromatic carbocycles. The first kappa shape index (κ1) is 34.7. The van der Waals surface area contributed by atoms with Gasteiger partial charge in [0.25, 0.3) is 0 Å². The number of nitrogens with one attached hydrogen (secondary N) is 2. The highest BCUT2D eigenvalue weighted by Crippen LogP contribution is 2.30. The van der Waals surface area contributed by atoms with E-state index in [2.05, 4.69) is 27.7 Å². The zero-order valence-electron chi connectivity index (χ0n) is 25.4. The first-order chi connectivity index (χ1) is 21.3. The van der Waals surface area contributed by atoms with Crippen molar-refractivity contribution in [2.24, 2.45) is 5.92 Å². The van der Waals surface area contributed by atoms with Gasteiger partial charge in [-0.05, 0) is 49.0 Å². The predicted octanol–water partition coefficient (Wildman–Crippen LogP) is 4.81. The minimum atomic E-state index is -4.47. The third-order valence-electron chi connectivity index (χ3n) is 6.98. The Morgan fingerprint density at radius 2 is 1.82 bits per heavy atom. The maximum Gasteiger partial charge on any atom is 0.416 e. The molecule has 1 unspecified atom stereocenters. The zero-order chi connectivity index (χ0) is 33.1. The SMILES string of the molecule is CC(=O)NC(C(=O)N1CCC[C@H]1C)C(C)C.O=CN/C(=C/c1ccccc1)C(=O)c1noc(Cc2cccc(C(F)(F)F)c2)n1. The number of alkyl halides is 3. The number of Topliss-reactive ketones (excluding diaryl/α,β-unsaturated/α-hetero) is 1. The number of allylic oxidation sites excluding steroid dienone is 1. The summed E-state index contributed by atoms with van der Waals surface area (Å²) in [5.41, 5.74) is 0.0955. The van der Waals surface area contributed by atoms with Gasteiger partial charge in [0.15, 0.2) is 0 Å². The first-order valence-electron chi connectivity index (χ1n) is 14.4. The lowest BCUT2D eigenvalue weighted by Gasteiger charge is -2.29. The molecule has 0 bridgehead atoms. The third kappa shape index (κ3) is 10.1. The minimum Gasteiger partial charge on any atom is -0.344 e. The molecule has 13 heteroatoms. The molecule has 0 spiro atoms. The van der Waals surface area contributed by atoms with Crippen LogP contribution in [0.5, 0.6) is 0 Å².